The first-order chi connectivity index (χ1) is 10.2. The Hall–Kier alpha value is -1.17. The van der Waals surface area contributed by atoms with Gasteiger partial charge < -0.3 is 10.1 Å². The van der Waals surface area contributed by atoms with Crippen molar-refractivity contribution in [2.24, 2.45) is 0 Å². The van der Waals surface area contributed by atoms with E-state index in [-0.39, 0.29) is 5.91 Å². The highest BCUT2D eigenvalue weighted by Crippen LogP contribution is 2.31. The number of rotatable bonds is 4. The average Bonchev–Trinajstić information content (AvgIpc) is 3.12. The molecule has 21 heavy (non-hydrogen) atoms. The van der Waals surface area contributed by atoms with Gasteiger partial charge in [0.05, 0.1) is 13.0 Å². The van der Waals surface area contributed by atoms with Crippen molar-refractivity contribution < 1.29 is 9.53 Å². The molecule has 2 aromatic rings. The van der Waals surface area contributed by atoms with E-state index >= 15 is 0 Å². The molecule has 0 spiro atoms. The number of anilines is 1. The number of hydrogen-bond acceptors (Lipinski definition) is 3. The van der Waals surface area contributed by atoms with Crippen LogP contribution in [0, 0.1) is 0 Å². The highest BCUT2D eigenvalue weighted by Gasteiger charge is 2.21. The van der Waals surface area contributed by atoms with Crippen molar-refractivity contribution in [3.8, 4) is 0 Å². The summed E-state index contributed by atoms with van der Waals surface area (Å²) in [6, 6.07) is 8.01. The molecule has 110 valence electrons. The number of amides is 1. The smallest absolute Gasteiger partial charge is 0.228 e. The number of nitrogens with one attached hydrogen (secondary N) is 1. The number of halogens is 1. The Bertz CT molecular complexity index is 635. The molecule has 1 amide bonds. The fourth-order valence-corrected chi connectivity index (χ4v) is 3.99. The van der Waals surface area contributed by atoms with Crippen LogP contribution in [0.15, 0.2) is 39.5 Å². The predicted octanol–water partition coefficient (Wildman–Crippen LogP) is 4.20. The molecule has 0 aliphatic carbocycles. The molecule has 0 bridgehead atoms. The lowest BCUT2D eigenvalue weighted by Gasteiger charge is -2.15. The number of thiophene rings is 1. The fourth-order valence-electron chi connectivity index (χ4n) is 2.55. The summed E-state index contributed by atoms with van der Waals surface area (Å²) in [7, 11) is 0. The van der Waals surface area contributed by atoms with Crippen LogP contribution in [-0.2, 0) is 16.0 Å². The van der Waals surface area contributed by atoms with Gasteiger partial charge in [0, 0.05) is 28.1 Å². The molecule has 1 fully saturated rings. The third kappa shape index (κ3) is 3.54. The summed E-state index contributed by atoms with van der Waals surface area (Å²) in [6.45, 7) is 1.54. The molecule has 1 N–H and O–H groups in total. The molecule has 0 saturated carbocycles. The lowest BCUT2D eigenvalue weighted by Crippen LogP contribution is -2.16. The predicted molar refractivity (Wildman–Crippen MR) is 89.0 cm³/mol. The zero-order valence-corrected chi connectivity index (χ0v) is 13.9. The molecule has 1 unspecified atom stereocenters. The van der Waals surface area contributed by atoms with Gasteiger partial charge in [-0.05, 0) is 44.9 Å². The highest BCUT2D eigenvalue weighted by molar-refractivity contribution is 9.10. The normalized spacial score (nSPS) is 17.9. The molecule has 1 aliphatic heterocycles. The molecule has 0 radical (unpaired) electrons. The van der Waals surface area contributed by atoms with Gasteiger partial charge >= 0.3 is 0 Å². The Balaban J connectivity index is 1.72. The van der Waals surface area contributed by atoms with E-state index in [4.69, 9.17) is 4.74 Å². The second-order valence-corrected chi connectivity index (χ2v) is 6.72. The van der Waals surface area contributed by atoms with Crippen molar-refractivity contribution in [1.29, 1.82) is 0 Å². The van der Waals surface area contributed by atoms with Gasteiger partial charge in [0.25, 0.3) is 0 Å². The van der Waals surface area contributed by atoms with Gasteiger partial charge in [-0.15, -0.1) is 0 Å². The largest absolute Gasteiger partial charge is 0.381 e. The van der Waals surface area contributed by atoms with Gasteiger partial charge in [-0.25, -0.2) is 0 Å². The molecule has 3 nitrogen and oxygen atoms in total. The maximum atomic E-state index is 12.2. The summed E-state index contributed by atoms with van der Waals surface area (Å²) >= 11 is 5.06. The van der Waals surface area contributed by atoms with Crippen LogP contribution in [0.25, 0.3) is 0 Å². The highest BCUT2D eigenvalue weighted by atomic mass is 79.9. The molecule has 1 aromatic heterocycles. The van der Waals surface area contributed by atoms with Crippen LogP contribution in [0.1, 0.15) is 23.5 Å². The summed E-state index contributed by atoms with van der Waals surface area (Å²) in [5, 5.41) is 7.04. The van der Waals surface area contributed by atoms with E-state index in [0.29, 0.717) is 12.3 Å². The zero-order chi connectivity index (χ0) is 14.7. The quantitative estimate of drug-likeness (QED) is 0.881. The topological polar surface area (TPSA) is 38.3 Å². The number of benzene rings is 1. The molecule has 1 atom stereocenters. The Kier molecular flexibility index (Phi) is 4.73. The van der Waals surface area contributed by atoms with Crippen molar-refractivity contribution >= 4 is 38.9 Å². The first kappa shape index (κ1) is 14.8. The van der Waals surface area contributed by atoms with Crippen molar-refractivity contribution in [2.45, 2.75) is 18.8 Å². The minimum Gasteiger partial charge on any atom is -0.381 e. The minimum atomic E-state index is 0.0143. The maximum Gasteiger partial charge on any atom is 0.228 e. The van der Waals surface area contributed by atoms with Crippen LogP contribution >= 0.6 is 27.3 Å². The fraction of sp³-hybridized carbons (Fsp3) is 0.312. The second-order valence-electron chi connectivity index (χ2n) is 5.12. The van der Waals surface area contributed by atoms with Crippen LogP contribution in [0.2, 0.25) is 0 Å². The standard InChI is InChI=1S/C16H16BrNO2S/c17-14-10-21-9-12(14)7-16(19)18-15-4-2-1-3-13(15)11-5-6-20-8-11/h1-4,9-11H,5-8H2,(H,18,19). The average molecular weight is 366 g/mol. The third-order valence-electron chi connectivity index (χ3n) is 3.64. The second kappa shape index (κ2) is 6.73. The summed E-state index contributed by atoms with van der Waals surface area (Å²) in [5.74, 6) is 0.398. The van der Waals surface area contributed by atoms with Crippen molar-refractivity contribution in [3.63, 3.8) is 0 Å². The summed E-state index contributed by atoms with van der Waals surface area (Å²) in [6.07, 6.45) is 1.41. The molecular weight excluding hydrogens is 350 g/mol. The first-order valence-electron chi connectivity index (χ1n) is 6.91. The van der Waals surface area contributed by atoms with Crippen molar-refractivity contribution in [3.05, 3.63) is 50.6 Å². The van der Waals surface area contributed by atoms with Crippen molar-refractivity contribution in [2.75, 3.05) is 18.5 Å². The van der Waals surface area contributed by atoms with Crippen LogP contribution in [-0.4, -0.2) is 19.1 Å². The number of ether oxygens (including phenoxy) is 1. The minimum absolute atomic E-state index is 0.0143. The SMILES string of the molecule is O=C(Cc1cscc1Br)Nc1ccccc1C1CCOC1. The lowest BCUT2D eigenvalue weighted by molar-refractivity contribution is -0.115. The van der Waals surface area contributed by atoms with Gasteiger partial charge in [-0.1, -0.05) is 18.2 Å². The molecule has 1 aliphatic rings. The number of hydrogen-bond donors (Lipinski definition) is 1. The van der Waals surface area contributed by atoms with Gasteiger partial charge in [-0.2, -0.15) is 11.3 Å². The summed E-state index contributed by atoms with van der Waals surface area (Å²) in [4.78, 5) is 12.2. The van der Waals surface area contributed by atoms with Gasteiger partial charge in [0.1, 0.15) is 0 Å². The Labute approximate surface area is 136 Å². The third-order valence-corrected chi connectivity index (χ3v) is 5.48. The number of carbonyl (C=O) groups is 1. The first-order valence-corrected chi connectivity index (χ1v) is 8.64. The van der Waals surface area contributed by atoms with Crippen LogP contribution in [0.3, 0.4) is 0 Å². The summed E-state index contributed by atoms with van der Waals surface area (Å²) in [5.41, 5.74) is 3.11. The molecule has 3 rings (SSSR count). The Morgan fingerprint density at radius 2 is 2.24 bits per heavy atom. The van der Waals surface area contributed by atoms with E-state index in [2.05, 4.69) is 27.3 Å². The van der Waals surface area contributed by atoms with E-state index in [0.717, 1.165) is 35.4 Å². The lowest BCUT2D eigenvalue weighted by atomic mass is 9.96. The van der Waals surface area contributed by atoms with E-state index in [1.807, 2.05) is 29.0 Å². The van der Waals surface area contributed by atoms with Gasteiger partial charge in [0.2, 0.25) is 5.91 Å². The van der Waals surface area contributed by atoms with Crippen molar-refractivity contribution in [1.82, 2.24) is 0 Å². The molecule has 1 aromatic carbocycles. The zero-order valence-electron chi connectivity index (χ0n) is 11.5. The van der Waals surface area contributed by atoms with Crippen LogP contribution < -0.4 is 5.32 Å². The van der Waals surface area contributed by atoms with Crippen LogP contribution in [0.5, 0.6) is 0 Å². The number of carbonyl (C=O) groups excluding carboxylic acids is 1. The molecule has 5 heteroatoms. The molecular formula is C16H16BrNO2S. The molecule has 1 saturated heterocycles. The molecule has 2 heterocycles. The maximum absolute atomic E-state index is 12.2. The Morgan fingerprint density at radius 3 is 2.95 bits per heavy atom. The van der Waals surface area contributed by atoms with E-state index < -0.39 is 0 Å². The van der Waals surface area contributed by atoms with E-state index in [1.54, 1.807) is 11.3 Å². The monoisotopic (exact) mass is 365 g/mol. The van der Waals surface area contributed by atoms with Gasteiger partial charge in [0.15, 0.2) is 0 Å². The van der Waals surface area contributed by atoms with Gasteiger partial charge in [-0.3, -0.25) is 4.79 Å². The number of para-hydroxylation sites is 1. The van der Waals surface area contributed by atoms with E-state index in [9.17, 15) is 4.79 Å². The van der Waals surface area contributed by atoms with E-state index in [1.165, 1.54) is 5.56 Å². The van der Waals surface area contributed by atoms with Crippen LogP contribution in [0.4, 0.5) is 5.69 Å². The Morgan fingerprint density at radius 1 is 1.38 bits per heavy atom. The summed E-state index contributed by atoms with van der Waals surface area (Å²) < 4.78 is 6.46.